The van der Waals surface area contributed by atoms with Crippen LogP contribution in [0.1, 0.15) is 5.56 Å². The number of rotatable bonds is 15. The number of benzene rings is 1. The molecule has 0 spiro atoms. The van der Waals surface area contributed by atoms with Gasteiger partial charge in [0.15, 0.2) is 11.5 Å². The molecule has 34 heavy (non-hydrogen) atoms. The highest BCUT2D eigenvalue weighted by molar-refractivity contribution is 5.46. The molecule has 12 nitrogen and oxygen atoms in total. The van der Waals surface area contributed by atoms with Crippen molar-refractivity contribution in [1.29, 1.82) is 0 Å². The molecule has 1 aliphatic heterocycles. The number of aromatic nitrogens is 3. The van der Waals surface area contributed by atoms with Crippen LogP contribution >= 0.6 is 0 Å². The first-order chi connectivity index (χ1) is 16.7. The lowest BCUT2D eigenvalue weighted by Crippen LogP contribution is -2.37. The fourth-order valence-corrected chi connectivity index (χ4v) is 3.24. The molecular formula is C22H35N7O5. The van der Waals surface area contributed by atoms with Gasteiger partial charge in [-0.1, -0.05) is 6.07 Å². The van der Waals surface area contributed by atoms with Gasteiger partial charge in [-0.25, -0.2) is 0 Å². The standard InChI is InChI=1S/C22H35N7O5/c1-30-18-4-3-17(15-19(18)31-2)16-25-21-26-20(24-6-10-33-14-13-32-9-5-23)27-22(28-21)29-7-11-34-12-8-29/h3-4,15H,5-14,16,23H2,1-2H3,(H2,24,25,26,27,28). The van der Waals surface area contributed by atoms with Crippen molar-refractivity contribution in [2.45, 2.75) is 6.54 Å². The summed E-state index contributed by atoms with van der Waals surface area (Å²) >= 11 is 0. The highest BCUT2D eigenvalue weighted by Gasteiger charge is 2.17. The molecule has 3 rings (SSSR count). The fraction of sp³-hybridized carbons (Fsp3) is 0.591. The van der Waals surface area contributed by atoms with Gasteiger partial charge in [0.05, 0.1) is 53.9 Å². The van der Waals surface area contributed by atoms with E-state index in [0.29, 0.717) is 88.6 Å². The van der Waals surface area contributed by atoms with E-state index in [2.05, 4.69) is 30.5 Å². The second-order valence-electron chi connectivity index (χ2n) is 7.37. The van der Waals surface area contributed by atoms with Gasteiger partial charge in [-0.15, -0.1) is 0 Å². The summed E-state index contributed by atoms with van der Waals surface area (Å²) in [7, 11) is 3.23. The fourth-order valence-electron chi connectivity index (χ4n) is 3.24. The molecule has 1 fully saturated rings. The average molecular weight is 478 g/mol. The SMILES string of the molecule is COc1ccc(CNc2nc(NCCOCCOCCN)nc(N3CCOCC3)n2)cc1OC. The quantitative estimate of drug-likeness (QED) is 0.312. The molecule has 0 atom stereocenters. The van der Waals surface area contributed by atoms with Crippen LogP contribution in [-0.2, 0) is 20.8 Å². The van der Waals surface area contributed by atoms with Gasteiger partial charge in [-0.3, -0.25) is 0 Å². The Morgan fingerprint density at radius 2 is 1.62 bits per heavy atom. The molecule has 1 aromatic heterocycles. The second-order valence-corrected chi connectivity index (χ2v) is 7.37. The highest BCUT2D eigenvalue weighted by atomic mass is 16.5. The number of hydrogen-bond donors (Lipinski definition) is 3. The van der Waals surface area contributed by atoms with Gasteiger partial charge >= 0.3 is 0 Å². The molecule has 0 aliphatic carbocycles. The van der Waals surface area contributed by atoms with Crippen LogP contribution < -0.4 is 30.7 Å². The number of hydrogen-bond acceptors (Lipinski definition) is 12. The summed E-state index contributed by atoms with van der Waals surface area (Å²) in [6, 6.07) is 5.76. The van der Waals surface area contributed by atoms with E-state index < -0.39 is 0 Å². The molecule has 2 aromatic rings. The minimum Gasteiger partial charge on any atom is -0.493 e. The molecule has 0 radical (unpaired) electrons. The van der Waals surface area contributed by atoms with E-state index in [0.717, 1.165) is 18.7 Å². The molecular weight excluding hydrogens is 442 g/mol. The number of ether oxygens (including phenoxy) is 5. The van der Waals surface area contributed by atoms with E-state index in [-0.39, 0.29) is 0 Å². The van der Waals surface area contributed by atoms with E-state index in [1.54, 1.807) is 14.2 Å². The Morgan fingerprint density at radius 3 is 2.32 bits per heavy atom. The summed E-state index contributed by atoms with van der Waals surface area (Å²) in [6.07, 6.45) is 0. The first kappa shape index (κ1) is 25.7. The summed E-state index contributed by atoms with van der Waals surface area (Å²) in [5, 5.41) is 6.50. The van der Waals surface area contributed by atoms with Crippen LogP contribution in [0.4, 0.5) is 17.8 Å². The van der Waals surface area contributed by atoms with Gasteiger partial charge in [0.2, 0.25) is 17.8 Å². The van der Waals surface area contributed by atoms with Gasteiger partial charge in [0.1, 0.15) is 0 Å². The number of morpholine rings is 1. The van der Waals surface area contributed by atoms with Crippen LogP contribution in [0.2, 0.25) is 0 Å². The van der Waals surface area contributed by atoms with Crippen molar-refractivity contribution >= 4 is 17.8 Å². The van der Waals surface area contributed by atoms with Crippen molar-refractivity contribution in [3.8, 4) is 11.5 Å². The van der Waals surface area contributed by atoms with Crippen molar-refractivity contribution < 1.29 is 23.7 Å². The van der Waals surface area contributed by atoms with Crippen LogP contribution in [0.15, 0.2) is 18.2 Å². The van der Waals surface area contributed by atoms with E-state index >= 15 is 0 Å². The Balaban J connectivity index is 1.61. The van der Waals surface area contributed by atoms with E-state index in [4.69, 9.17) is 29.4 Å². The topological polar surface area (TPSA) is 138 Å². The molecule has 12 heteroatoms. The predicted octanol–water partition coefficient (Wildman–Crippen LogP) is 0.741. The predicted molar refractivity (Wildman–Crippen MR) is 129 cm³/mol. The molecule has 0 unspecified atom stereocenters. The largest absolute Gasteiger partial charge is 0.493 e. The van der Waals surface area contributed by atoms with Crippen LogP contribution in [0.3, 0.4) is 0 Å². The molecule has 0 bridgehead atoms. The maximum absolute atomic E-state index is 5.56. The first-order valence-electron chi connectivity index (χ1n) is 11.4. The Kier molecular flexibility index (Phi) is 10.8. The third-order valence-corrected chi connectivity index (χ3v) is 4.98. The lowest BCUT2D eigenvalue weighted by Gasteiger charge is -2.27. The maximum atomic E-state index is 5.56. The number of nitrogens with two attached hydrogens (primary N) is 1. The molecule has 188 valence electrons. The Morgan fingerprint density at radius 1 is 0.912 bits per heavy atom. The molecule has 1 aliphatic rings. The van der Waals surface area contributed by atoms with Crippen LogP contribution in [0.5, 0.6) is 11.5 Å². The summed E-state index contributed by atoms with van der Waals surface area (Å²) in [5.41, 5.74) is 6.40. The third kappa shape index (κ3) is 8.13. The van der Waals surface area contributed by atoms with E-state index in [9.17, 15) is 0 Å². The Hall–Kier alpha value is -2.93. The molecule has 0 saturated carbocycles. The zero-order chi connectivity index (χ0) is 24.0. The van der Waals surface area contributed by atoms with Crippen LogP contribution in [-0.4, -0.2) is 95.0 Å². The zero-order valence-electron chi connectivity index (χ0n) is 19.9. The van der Waals surface area contributed by atoms with E-state index in [1.807, 2.05) is 18.2 Å². The van der Waals surface area contributed by atoms with Gasteiger partial charge in [-0.05, 0) is 17.7 Å². The zero-order valence-corrected chi connectivity index (χ0v) is 19.9. The Bertz CT molecular complexity index is 868. The van der Waals surface area contributed by atoms with Crippen molar-refractivity contribution in [2.24, 2.45) is 5.73 Å². The van der Waals surface area contributed by atoms with Crippen molar-refractivity contribution in [2.75, 3.05) is 95.6 Å². The van der Waals surface area contributed by atoms with Gasteiger partial charge in [0.25, 0.3) is 0 Å². The number of nitrogens with zero attached hydrogens (tertiary/aromatic N) is 4. The smallest absolute Gasteiger partial charge is 0.232 e. The van der Waals surface area contributed by atoms with Crippen LogP contribution in [0.25, 0.3) is 0 Å². The highest BCUT2D eigenvalue weighted by Crippen LogP contribution is 2.27. The molecule has 2 heterocycles. The Labute approximate surface area is 200 Å². The summed E-state index contributed by atoms with van der Waals surface area (Å²) in [4.78, 5) is 15.8. The molecule has 4 N–H and O–H groups in total. The second kappa shape index (κ2) is 14.4. The number of anilines is 3. The summed E-state index contributed by atoms with van der Waals surface area (Å²) in [6.45, 7) is 6.38. The van der Waals surface area contributed by atoms with Crippen molar-refractivity contribution in [3.05, 3.63) is 23.8 Å². The van der Waals surface area contributed by atoms with Gasteiger partial charge < -0.3 is 45.0 Å². The summed E-state index contributed by atoms with van der Waals surface area (Å²) < 4.78 is 27.0. The number of methoxy groups -OCH3 is 2. The minimum atomic E-state index is 0.477. The summed E-state index contributed by atoms with van der Waals surface area (Å²) in [5.74, 6) is 2.91. The first-order valence-corrected chi connectivity index (χ1v) is 11.4. The molecule has 1 aromatic carbocycles. The minimum absolute atomic E-state index is 0.477. The van der Waals surface area contributed by atoms with E-state index in [1.165, 1.54) is 0 Å². The van der Waals surface area contributed by atoms with Crippen LogP contribution in [0, 0.1) is 0 Å². The van der Waals surface area contributed by atoms with Crippen molar-refractivity contribution in [3.63, 3.8) is 0 Å². The third-order valence-electron chi connectivity index (χ3n) is 4.98. The van der Waals surface area contributed by atoms with Crippen molar-refractivity contribution in [1.82, 2.24) is 15.0 Å². The van der Waals surface area contributed by atoms with Gasteiger partial charge in [0, 0.05) is 32.7 Å². The normalized spacial score (nSPS) is 13.6. The lowest BCUT2D eigenvalue weighted by molar-refractivity contribution is 0.0547. The number of nitrogens with one attached hydrogen (secondary N) is 2. The molecule has 0 amide bonds. The lowest BCUT2D eigenvalue weighted by atomic mass is 10.2. The average Bonchev–Trinajstić information content (AvgIpc) is 2.89. The van der Waals surface area contributed by atoms with Gasteiger partial charge in [-0.2, -0.15) is 15.0 Å². The molecule has 1 saturated heterocycles. The monoisotopic (exact) mass is 477 g/mol. The maximum Gasteiger partial charge on any atom is 0.232 e.